The monoisotopic (exact) mass is 259 g/mol. The van der Waals surface area contributed by atoms with Gasteiger partial charge in [-0.3, -0.25) is 14.5 Å². The van der Waals surface area contributed by atoms with Crippen LogP contribution in [-0.2, 0) is 0 Å². The molecule has 1 saturated carbocycles. The fourth-order valence-corrected chi connectivity index (χ4v) is 2.32. The highest BCUT2D eigenvalue weighted by Gasteiger charge is 2.45. The molecule has 1 fully saturated rings. The lowest BCUT2D eigenvalue weighted by Crippen LogP contribution is -2.34. The first-order chi connectivity index (χ1) is 8.91. The van der Waals surface area contributed by atoms with Crippen molar-refractivity contribution in [3.8, 4) is 0 Å². The van der Waals surface area contributed by atoms with Crippen LogP contribution in [0.2, 0.25) is 0 Å². The van der Waals surface area contributed by atoms with Crippen LogP contribution in [0.15, 0.2) is 18.2 Å². The summed E-state index contributed by atoms with van der Waals surface area (Å²) in [4.78, 5) is 36.5. The first kappa shape index (κ1) is 11.9. The van der Waals surface area contributed by atoms with E-state index in [9.17, 15) is 14.4 Å². The Morgan fingerprint density at radius 3 is 2.47 bits per heavy atom. The molecule has 1 aliphatic carbocycles. The summed E-state index contributed by atoms with van der Waals surface area (Å²) in [5.41, 5.74) is 0.580. The van der Waals surface area contributed by atoms with Gasteiger partial charge in [-0.15, -0.1) is 0 Å². The first-order valence-electron chi connectivity index (χ1n) is 6.15. The maximum Gasteiger partial charge on any atom is 0.335 e. The van der Waals surface area contributed by atoms with E-state index < -0.39 is 5.97 Å². The van der Waals surface area contributed by atoms with Crippen LogP contribution < -0.4 is 0 Å². The number of carboxylic acids is 1. The summed E-state index contributed by atoms with van der Waals surface area (Å²) < 4.78 is 0. The fourth-order valence-electron chi connectivity index (χ4n) is 2.32. The zero-order chi connectivity index (χ0) is 13.8. The second kappa shape index (κ2) is 3.66. The Kier molecular flexibility index (Phi) is 2.29. The normalized spacial score (nSPS) is 19.5. The van der Waals surface area contributed by atoms with Crippen molar-refractivity contribution < 1.29 is 19.5 Å². The number of nitrogens with zero attached hydrogens (tertiary/aromatic N) is 1. The second-order valence-electron chi connectivity index (χ2n) is 5.57. The van der Waals surface area contributed by atoms with E-state index in [4.69, 9.17) is 5.11 Å². The van der Waals surface area contributed by atoms with Gasteiger partial charge in [0.15, 0.2) is 0 Å². The molecule has 1 heterocycles. The maximum absolute atomic E-state index is 12.2. The molecule has 0 atom stereocenters. The predicted octanol–water partition coefficient (Wildman–Crippen LogP) is 1.78. The van der Waals surface area contributed by atoms with Crippen molar-refractivity contribution in [3.63, 3.8) is 0 Å². The van der Waals surface area contributed by atoms with Crippen molar-refractivity contribution in [1.82, 2.24) is 4.90 Å². The molecule has 3 rings (SSSR count). The minimum Gasteiger partial charge on any atom is -0.478 e. The Labute approximate surface area is 109 Å². The van der Waals surface area contributed by atoms with E-state index in [-0.39, 0.29) is 28.4 Å². The van der Waals surface area contributed by atoms with Crippen LogP contribution in [0.25, 0.3) is 0 Å². The maximum atomic E-state index is 12.2. The molecule has 2 amide bonds. The molecule has 0 saturated heterocycles. The Hall–Kier alpha value is -2.17. The summed E-state index contributed by atoms with van der Waals surface area (Å²) >= 11 is 0. The van der Waals surface area contributed by atoms with Gasteiger partial charge >= 0.3 is 5.97 Å². The summed E-state index contributed by atoms with van der Waals surface area (Å²) in [7, 11) is 0. The Bertz CT molecular complexity index is 616. The summed E-state index contributed by atoms with van der Waals surface area (Å²) in [5.74, 6) is -1.79. The SMILES string of the molecule is CC1(CN2C(=O)c3ccc(C(=O)O)cc3C2=O)CC1. The number of amides is 2. The fraction of sp³-hybridized carbons (Fsp3) is 0.357. The van der Waals surface area contributed by atoms with Crippen molar-refractivity contribution in [2.24, 2.45) is 5.41 Å². The summed E-state index contributed by atoms with van der Waals surface area (Å²) in [6.07, 6.45) is 2.03. The van der Waals surface area contributed by atoms with Gasteiger partial charge in [0.1, 0.15) is 0 Å². The van der Waals surface area contributed by atoms with E-state index in [1.54, 1.807) is 0 Å². The van der Waals surface area contributed by atoms with Gasteiger partial charge in [-0.1, -0.05) is 6.92 Å². The number of hydrogen-bond donors (Lipinski definition) is 1. The van der Waals surface area contributed by atoms with E-state index in [1.165, 1.54) is 23.1 Å². The van der Waals surface area contributed by atoms with Gasteiger partial charge < -0.3 is 5.11 Å². The molecule has 1 aliphatic heterocycles. The van der Waals surface area contributed by atoms with Crippen molar-refractivity contribution in [1.29, 1.82) is 0 Å². The summed E-state index contributed by atoms with van der Waals surface area (Å²) in [6, 6.07) is 4.07. The van der Waals surface area contributed by atoms with Gasteiger partial charge in [-0.05, 0) is 36.5 Å². The quantitative estimate of drug-likeness (QED) is 0.839. The molecule has 19 heavy (non-hydrogen) atoms. The minimum absolute atomic E-state index is 0.0272. The van der Waals surface area contributed by atoms with E-state index in [0.717, 1.165) is 12.8 Å². The topological polar surface area (TPSA) is 74.7 Å². The molecule has 0 radical (unpaired) electrons. The van der Waals surface area contributed by atoms with Crippen LogP contribution in [-0.4, -0.2) is 34.3 Å². The molecule has 5 heteroatoms. The molecule has 2 aliphatic rings. The van der Waals surface area contributed by atoms with Crippen LogP contribution in [0.4, 0.5) is 0 Å². The molecule has 0 bridgehead atoms. The van der Waals surface area contributed by atoms with Crippen molar-refractivity contribution in [2.75, 3.05) is 6.54 Å². The summed E-state index contributed by atoms with van der Waals surface area (Å²) in [6.45, 7) is 2.46. The van der Waals surface area contributed by atoms with Gasteiger partial charge in [-0.25, -0.2) is 4.79 Å². The third-order valence-electron chi connectivity index (χ3n) is 3.86. The lowest BCUT2D eigenvalue weighted by molar-refractivity contribution is 0.0624. The minimum atomic E-state index is -1.10. The Morgan fingerprint density at radius 1 is 1.26 bits per heavy atom. The Morgan fingerprint density at radius 2 is 1.89 bits per heavy atom. The van der Waals surface area contributed by atoms with Gasteiger partial charge in [0.05, 0.1) is 16.7 Å². The van der Waals surface area contributed by atoms with Gasteiger partial charge in [0.2, 0.25) is 0 Å². The third-order valence-corrected chi connectivity index (χ3v) is 3.86. The summed E-state index contributed by atoms with van der Waals surface area (Å²) in [5, 5.41) is 8.92. The zero-order valence-corrected chi connectivity index (χ0v) is 10.5. The standard InChI is InChI=1S/C14H13NO4/c1-14(4-5-14)7-15-11(16)9-3-2-8(13(18)19)6-10(9)12(15)17/h2-3,6H,4-5,7H2,1H3,(H,18,19). The largest absolute Gasteiger partial charge is 0.478 e. The molecule has 5 nitrogen and oxygen atoms in total. The van der Waals surface area contributed by atoms with E-state index in [0.29, 0.717) is 12.1 Å². The average Bonchev–Trinajstić information content (AvgIpc) is 3.06. The smallest absolute Gasteiger partial charge is 0.335 e. The van der Waals surface area contributed by atoms with Crippen LogP contribution in [0, 0.1) is 5.41 Å². The lowest BCUT2D eigenvalue weighted by atomic mass is 10.1. The van der Waals surface area contributed by atoms with Crippen molar-refractivity contribution in [3.05, 3.63) is 34.9 Å². The number of benzene rings is 1. The lowest BCUT2D eigenvalue weighted by Gasteiger charge is -2.18. The first-order valence-corrected chi connectivity index (χ1v) is 6.15. The van der Waals surface area contributed by atoms with Gasteiger partial charge in [0, 0.05) is 6.54 Å². The predicted molar refractivity (Wildman–Crippen MR) is 66.1 cm³/mol. The molecule has 98 valence electrons. The van der Waals surface area contributed by atoms with E-state index in [1.807, 2.05) is 6.92 Å². The van der Waals surface area contributed by atoms with Crippen LogP contribution in [0.3, 0.4) is 0 Å². The van der Waals surface area contributed by atoms with Gasteiger partial charge in [-0.2, -0.15) is 0 Å². The Balaban J connectivity index is 1.97. The number of fused-ring (bicyclic) bond motifs is 1. The second-order valence-corrected chi connectivity index (χ2v) is 5.57. The molecule has 0 aromatic heterocycles. The zero-order valence-electron chi connectivity index (χ0n) is 10.5. The molecule has 1 aromatic carbocycles. The highest BCUT2D eigenvalue weighted by atomic mass is 16.4. The molecule has 0 spiro atoms. The molecule has 1 aromatic rings. The highest BCUT2D eigenvalue weighted by Crippen LogP contribution is 2.46. The van der Waals surface area contributed by atoms with Gasteiger partial charge in [0.25, 0.3) is 11.8 Å². The van der Waals surface area contributed by atoms with Crippen molar-refractivity contribution >= 4 is 17.8 Å². The molecule has 0 unspecified atom stereocenters. The number of carbonyl (C=O) groups excluding carboxylic acids is 2. The third kappa shape index (κ3) is 1.82. The average molecular weight is 259 g/mol. The van der Waals surface area contributed by atoms with E-state index >= 15 is 0 Å². The van der Waals surface area contributed by atoms with Crippen LogP contribution >= 0.6 is 0 Å². The molecular formula is C14H13NO4. The van der Waals surface area contributed by atoms with Crippen molar-refractivity contribution in [2.45, 2.75) is 19.8 Å². The van der Waals surface area contributed by atoms with E-state index in [2.05, 4.69) is 0 Å². The number of hydrogen-bond acceptors (Lipinski definition) is 3. The number of carboxylic acid groups (broad SMARTS) is 1. The molecule has 1 N–H and O–H groups in total. The number of aromatic carboxylic acids is 1. The van der Waals surface area contributed by atoms with Crippen LogP contribution in [0.5, 0.6) is 0 Å². The number of rotatable bonds is 3. The van der Waals surface area contributed by atoms with Crippen LogP contribution in [0.1, 0.15) is 50.8 Å². The highest BCUT2D eigenvalue weighted by molar-refractivity contribution is 6.22. The molecular weight excluding hydrogens is 246 g/mol. The number of carbonyl (C=O) groups is 3. The number of imide groups is 1.